The van der Waals surface area contributed by atoms with E-state index in [0.717, 1.165) is 6.54 Å². The molecule has 1 aliphatic rings. The van der Waals surface area contributed by atoms with Crippen LogP contribution in [0.15, 0.2) is 0 Å². The van der Waals surface area contributed by atoms with E-state index in [1.54, 1.807) is 11.8 Å². The highest BCUT2D eigenvalue weighted by Crippen LogP contribution is 1.94. The summed E-state index contributed by atoms with van der Waals surface area (Å²) in [6.45, 7) is 4.39. The van der Waals surface area contributed by atoms with E-state index >= 15 is 0 Å². The number of amides is 3. The van der Waals surface area contributed by atoms with Crippen LogP contribution in [0, 0.1) is 0 Å². The summed E-state index contributed by atoms with van der Waals surface area (Å²) in [6.07, 6.45) is 0.492. The monoisotopic (exact) mass is 185 g/mol. The van der Waals surface area contributed by atoms with Gasteiger partial charge in [0.05, 0.1) is 0 Å². The standard InChI is InChI=1S/C8H15N3O2/c1-2-7(12)9-3-5-11-6-4-10-8(11)13/h2-6H2,1H3,(H,9,12)(H,10,13). The zero-order valence-electron chi connectivity index (χ0n) is 7.80. The molecule has 1 heterocycles. The third-order valence-corrected chi connectivity index (χ3v) is 1.97. The first-order chi connectivity index (χ1) is 6.24. The van der Waals surface area contributed by atoms with Crippen molar-refractivity contribution < 1.29 is 9.59 Å². The van der Waals surface area contributed by atoms with Crippen LogP contribution in [0.3, 0.4) is 0 Å². The molecule has 0 aromatic rings. The molecule has 0 unspecified atom stereocenters. The van der Waals surface area contributed by atoms with Crippen molar-refractivity contribution in [3.8, 4) is 0 Å². The minimum atomic E-state index is -0.0363. The normalized spacial score (nSPS) is 15.8. The molecule has 1 saturated heterocycles. The van der Waals surface area contributed by atoms with Crippen LogP contribution < -0.4 is 10.6 Å². The highest BCUT2D eigenvalue weighted by atomic mass is 16.2. The van der Waals surface area contributed by atoms with Crippen LogP contribution in [-0.2, 0) is 4.79 Å². The summed E-state index contributed by atoms with van der Waals surface area (Å²) < 4.78 is 0. The van der Waals surface area contributed by atoms with Gasteiger partial charge < -0.3 is 15.5 Å². The number of hydrogen-bond donors (Lipinski definition) is 2. The van der Waals surface area contributed by atoms with Crippen LogP contribution >= 0.6 is 0 Å². The van der Waals surface area contributed by atoms with E-state index in [4.69, 9.17) is 0 Å². The Labute approximate surface area is 77.5 Å². The topological polar surface area (TPSA) is 61.4 Å². The second-order valence-corrected chi connectivity index (χ2v) is 2.92. The fraction of sp³-hybridized carbons (Fsp3) is 0.750. The minimum Gasteiger partial charge on any atom is -0.354 e. The Morgan fingerprint density at radius 1 is 1.69 bits per heavy atom. The predicted octanol–water partition coefficient (Wildman–Crippen LogP) is -0.462. The zero-order valence-corrected chi connectivity index (χ0v) is 7.80. The average Bonchev–Trinajstić information content (AvgIpc) is 2.52. The molecule has 0 spiro atoms. The Hall–Kier alpha value is -1.26. The summed E-state index contributed by atoms with van der Waals surface area (Å²) in [4.78, 5) is 23.5. The molecule has 2 N–H and O–H groups in total. The van der Waals surface area contributed by atoms with Gasteiger partial charge in [0.1, 0.15) is 0 Å². The van der Waals surface area contributed by atoms with Gasteiger partial charge in [0.25, 0.3) is 0 Å². The lowest BCUT2D eigenvalue weighted by molar-refractivity contribution is -0.120. The Morgan fingerprint density at radius 2 is 2.46 bits per heavy atom. The van der Waals surface area contributed by atoms with Crippen LogP contribution in [0.1, 0.15) is 13.3 Å². The summed E-state index contributed by atoms with van der Waals surface area (Å²) in [6, 6.07) is -0.0363. The van der Waals surface area contributed by atoms with Gasteiger partial charge in [-0.15, -0.1) is 0 Å². The van der Waals surface area contributed by atoms with Crippen molar-refractivity contribution in [3.63, 3.8) is 0 Å². The van der Waals surface area contributed by atoms with E-state index in [1.165, 1.54) is 0 Å². The molecule has 0 aliphatic carbocycles. The van der Waals surface area contributed by atoms with E-state index < -0.39 is 0 Å². The molecule has 3 amide bonds. The Balaban J connectivity index is 2.12. The molecule has 1 rings (SSSR count). The number of carbonyl (C=O) groups is 2. The van der Waals surface area contributed by atoms with E-state index in [2.05, 4.69) is 10.6 Å². The molecular formula is C8H15N3O2. The van der Waals surface area contributed by atoms with Gasteiger partial charge in [0, 0.05) is 32.6 Å². The molecule has 1 aliphatic heterocycles. The fourth-order valence-corrected chi connectivity index (χ4v) is 1.18. The quantitative estimate of drug-likeness (QED) is 0.622. The largest absolute Gasteiger partial charge is 0.354 e. The Morgan fingerprint density at radius 3 is 3.00 bits per heavy atom. The van der Waals surface area contributed by atoms with Crippen molar-refractivity contribution in [3.05, 3.63) is 0 Å². The average molecular weight is 185 g/mol. The van der Waals surface area contributed by atoms with E-state index in [-0.39, 0.29) is 11.9 Å². The molecule has 0 aromatic heterocycles. The number of carbonyl (C=O) groups excluding carboxylic acids is 2. The van der Waals surface area contributed by atoms with Gasteiger partial charge in [0.2, 0.25) is 5.91 Å². The molecule has 0 bridgehead atoms. The van der Waals surface area contributed by atoms with Crippen LogP contribution in [0.2, 0.25) is 0 Å². The molecule has 5 heteroatoms. The number of nitrogens with one attached hydrogen (secondary N) is 2. The van der Waals surface area contributed by atoms with Crippen molar-refractivity contribution in [2.45, 2.75) is 13.3 Å². The number of urea groups is 1. The highest BCUT2D eigenvalue weighted by molar-refractivity contribution is 5.77. The molecule has 0 radical (unpaired) electrons. The van der Waals surface area contributed by atoms with Crippen molar-refractivity contribution in [2.24, 2.45) is 0 Å². The Kier molecular flexibility index (Phi) is 3.54. The van der Waals surface area contributed by atoms with E-state index in [0.29, 0.717) is 26.1 Å². The van der Waals surface area contributed by atoms with Crippen LogP contribution in [0.4, 0.5) is 4.79 Å². The van der Waals surface area contributed by atoms with Gasteiger partial charge in [-0.1, -0.05) is 6.92 Å². The SMILES string of the molecule is CCC(=O)NCCN1CCNC1=O. The second kappa shape index (κ2) is 4.69. The summed E-state index contributed by atoms with van der Waals surface area (Å²) in [5.74, 6) is 0.0274. The van der Waals surface area contributed by atoms with Gasteiger partial charge in [0.15, 0.2) is 0 Å². The first-order valence-corrected chi connectivity index (χ1v) is 4.53. The molecule has 5 nitrogen and oxygen atoms in total. The fourth-order valence-electron chi connectivity index (χ4n) is 1.18. The van der Waals surface area contributed by atoms with Crippen LogP contribution in [0.5, 0.6) is 0 Å². The summed E-state index contributed by atoms with van der Waals surface area (Å²) in [5.41, 5.74) is 0. The van der Waals surface area contributed by atoms with Crippen molar-refractivity contribution in [2.75, 3.05) is 26.2 Å². The molecule has 13 heavy (non-hydrogen) atoms. The lowest BCUT2D eigenvalue weighted by Crippen LogP contribution is -2.36. The van der Waals surface area contributed by atoms with Gasteiger partial charge in [-0.25, -0.2) is 4.79 Å². The first-order valence-electron chi connectivity index (χ1n) is 4.53. The van der Waals surface area contributed by atoms with E-state index in [9.17, 15) is 9.59 Å². The minimum absolute atomic E-state index is 0.0274. The molecule has 0 atom stereocenters. The molecule has 74 valence electrons. The maximum Gasteiger partial charge on any atom is 0.317 e. The smallest absolute Gasteiger partial charge is 0.317 e. The second-order valence-electron chi connectivity index (χ2n) is 2.92. The molecule has 0 saturated carbocycles. The molecule has 1 fully saturated rings. The maximum atomic E-state index is 11.0. The van der Waals surface area contributed by atoms with Crippen LogP contribution in [0.25, 0.3) is 0 Å². The molecule has 0 aromatic carbocycles. The number of hydrogen-bond acceptors (Lipinski definition) is 2. The number of nitrogens with zero attached hydrogens (tertiary/aromatic N) is 1. The lowest BCUT2D eigenvalue weighted by Gasteiger charge is -2.13. The van der Waals surface area contributed by atoms with Gasteiger partial charge in [-0.2, -0.15) is 0 Å². The van der Waals surface area contributed by atoms with Crippen molar-refractivity contribution >= 4 is 11.9 Å². The third kappa shape index (κ3) is 2.93. The third-order valence-electron chi connectivity index (χ3n) is 1.97. The summed E-state index contributed by atoms with van der Waals surface area (Å²) in [5, 5.41) is 5.42. The maximum absolute atomic E-state index is 11.0. The Bertz CT molecular complexity index is 206. The van der Waals surface area contributed by atoms with Crippen molar-refractivity contribution in [1.29, 1.82) is 0 Å². The van der Waals surface area contributed by atoms with Gasteiger partial charge in [-0.05, 0) is 0 Å². The zero-order chi connectivity index (χ0) is 9.68. The summed E-state index contributed by atoms with van der Waals surface area (Å²) in [7, 11) is 0. The molecular weight excluding hydrogens is 170 g/mol. The summed E-state index contributed by atoms with van der Waals surface area (Å²) >= 11 is 0. The highest BCUT2D eigenvalue weighted by Gasteiger charge is 2.18. The van der Waals surface area contributed by atoms with Gasteiger partial charge >= 0.3 is 6.03 Å². The first kappa shape index (κ1) is 9.83. The van der Waals surface area contributed by atoms with E-state index in [1.807, 2.05) is 0 Å². The van der Waals surface area contributed by atoms with Crippen molar-refractivity contribution in [1.82, 2.24) is 15.5 Å². The lowest BCUT2D eigenvalue weighted by atomic mass is 10.4. The van der Waals surface area contributed by atoms with Gasteiger partial charge in [-0.3, -0.25) is 4.79 Å². The predicted molar refractivity (Wildman–Crippen MR) is 48.3 cm³/mol. The number of rotatable bonds is 4. The van der Waals surface area contributed by atoms with Crippen LogP contribution in [-0.4, -0.2) is 43.0 Å².